The van der Waals surface area contributed by atoms with Gasteiger partial charge in [-0.3, -0.25) is 4.79 Å². The molecule has 0 spiro atoms. The zero-order valence-corrected chi connectivity index (χ0v) is 9.22. The molecule has 1 atom stereocenters. The van der Waals surface area contributed by atoms with Crippen molar-refractivity contribution in [3.63, 3.8) is 0 Å². The Morgan fingerprint density at radius 3 is 2.69 bits per heavy atom. The van der Waals surface area contributed by atoms with Crippen LogP contribution in [0.25, 0.3) is 6.08 Å². The minimum atomic E-state index is -0.0204. The van der Waals surface area contributed by atoms with Crippen molar-refractivity contribution in [2.75, 3.05) is 0 Å². The fourth-order valence-corrected chi connectivity index (χ4v) is 1.64. The second kappa shape index (κ2) is 4.79. The van der Waals surface area contributed by atoms with E-state index < -0.39 is 0 Å². The minimum Gasteiger partial charge on any atom is -0.490 e. The van der Waals surface area contributed by atoms with Gasteiger partial charge in [0, 0.05) is 12.5 Å². The third-order valence-corrected chi connectivity index (χ3v) is 2.37. The van der Waals surface area contributed by atoms with Gasteiger partial charge in [-0.2, -0.15) is 0 Å². The molecule has 1 aromatic rings. The SMILES string of the molecule is C[C@@H]1CC(=O)C=C(/C=C/c2ccccc2)O1. The molecule has 2 nitrogen and oxygen atoms in total. The Morgan fingerprint density at radius 2 is 2.00 bits per heavy atom. The molecule has 0 unspecified atom stereocenters. The number of carbonyl (C=O) groups is 1. The molecule has 2 rings (SSSR count). The van der Waals surface area contributed by atoms with Crippen LogP contribution < -0.4 is 0 Å². The molecule has 0 radical (unpaired) electrons. The topological polar surface area (TPSA) is 26.3 Å². The molecular formula is C14H14O2. The summed E-state index contributed by atoms with van der Waals surface area (Å²) in [4.78, 5) is 11.3. The van der Waals surface area contributed by atoms with Crippen LogP contribution in [0.5, 0.6) is 0 Å². The number of rotatable bonds is 2. The smallest absolute Gasteiger partial charge is 0.163 e. The number of allylic oxidation sites excluding steroid dienone is 2. The summed E-state index contributed by atoms with van der Waals surface area (Å²) in [7, 11) is 0. The molecule has 0 saturated carbocycles. The molecule has 0 fully saturated rings. The molecule has 0 aromatic heterocycles. The molecule has 1 aromatic carbocycles. The molecule has 2 heteroatoms. The van der Waals surface area contributed by atoms with Crippen LogP contribution in [-0.4, -0.2) is 11.9 Å². The first-order chi connectivity index (χ1) is 7.74. The Labute approximate surface area is 95.2 Å². The second-order valence-electron chi connectivity index (χ2n) is 3.89. The molecule has 0 aliphatic carbocycles. The van der Waals surface area contributed by atoms with Gasteiger partial charge in [0.1, 0.15) is 11.9 Å². The molecule has 0 saturated heterocycles. The van der Waals surface area contributed by atoms with Crippen molar-refractivity contribution < 1.29 is 9.53 Å². The van der Waals surface area contributed by atoms with Crippen LogP contribution in [0.1, 0.15) is 18.9 Å². The first-order valence-electron chi connectivity index (χ1n) is 5.38. The lowest BCUT2D eigenvalue weighted by atomic mass is 10.1. The molecule has 1 aliphatic heterocycles. The highest BCUT2D eigenvalue weighted by atomic mass is 16.5. The molecule has 0 bridgehead atoms. The van der Waals surface area contributed by atoms with Crippen molar-refractivity contribution in [2.24, 2.45) is 0 Å². The molecule has 1 aliphatic rings. The summed E-state index contributed by atoms with van der Waals surface area (Å²) in [6.07, 6.45) is 5.79. The van der Waals surface area contributed by atoms with Gasteiger partial charge in [-0.1, -0.05) is 36.4 Å². The van der Waals surface area contributed by atoms with E-state index in [2.05, 4.69) is 0 Å². The van der Waals surface area contributed by atoms with Crippen molar-refractivity contribution in [1.29, 1.82) is 0 Å². The summed E-state index contributed by atoms with van der Waals surface area (Å²) >= 11 is 0. The summed E-state index contributed by atoms with van der Waals surface area (Å²) in [5, 5.41) is 0. The van der Waals surface area contributed by atoms with E-state index in [1.54, 1.807) is 6.08 Å². The number of hydrogen-bond donors (Lipinski definition) is 0. The van der Waals surface area contributed by atoms with Gasteiger partial charge in [-0.15, -0.1) is 0 Å². The van der Waals surface area contributed by atoms with Crippen molar-refractivity contribution >= 4 is 11.9 Å². The van der Waals surface area contributed by atoms with Crippen LogP contribution in [-0.2, 0) is 9.53 Å². The predicted octanol–water partition coefficient (Wildman–Crippen LogP) is 2.96. The summed E-state index contributed by atoms with van der Waals surface area (Å²) in [6.45, 7) is 1.90. The molecule has 82 valence electrons. The van der Waals surface area contributed by atoms with Gasteiger partial charge in [-0.25, -0.2) is 0 Å². The van der Waals surface area contributed by atoms with E-state index in [1.165, 1.54) is 0 Å². The second-order valence-corrected chi connectivity index (χ2v) is 3.89. The predicted molar refractivity (Wildman–Crippen MR) is 63.7 cm³/mol. The van der Waals surface area contributed by atoms with Crippen molar-refractivity contribution in [2.45, 2.75) is 19.4 Å². The van der Waals surface area contributed by atoms with E-state index in [-0.39, 0.29) is 11.9 Å². The summed E-state index contributed by atoms with van der Waals surface area (Å²) in [5.41, 5.74) is 1.10. The number of hydrogen-bond acceptors (Lipinski definition) is 2. The Morgan fingerprint density at radius 1 is 1.25 bits per heavy atom. The largest absolute Gasteiger partial charge is 0.490 e. The van der Waals surface area contributed by atoms with Gasteiger partial charge in [0.05, 0.1) is 0 Å². The summed E-state index contributed by atoms with van der Waals surface area (Å²) in [6, 6.07) is 9.93. The van der Waals surface area contributed by atoms with Crippen LogP contribution >= 0.6 is 0 Å². The van der Waals surface area contributed by atoms with E-state index >= 15 is 0 Å². The van der Waals surface area contributed by atoms with Gasteiger partial charge in [-0.05, 0) is 18.6 Å². The van der Waals surface area contributed by atoms with Crippen LogP contribution in [0.4, 0.5) is 0 Å². The van der Waals surface area contributed by atoms with Crippen LogP contribution in [0.15, 0.2) is 48.2 Å². The van der Waals surface area contributed by atoms with Gasteiger partial charge >= 0.3 is 0 Å². The first-order valence-corrected chi connectivity index (χ1v) is 5.38. The Kier molecular flexibility index (Phi) is 3.20. The average molecular weight is 214 g/mol. The van der Waals surface area contributed by atoms with Gasteiger partial charge in [0.2, 0.25) is 0 Å². The monoisotopic (exact) mass is 214 g/mol. The van der Waals surface area contributed by atoms with Gasteiger partial charge in [0.15, 0.2) is 5.78 Å². The Bertz CT molecular complexity index is 429. The van der Waals surface area contributed by atoms with Gasteiger partial charge in [0.25, 0.3) is 0 Å². The summed E-state index contributed by atoms with van der Waals surface area (Å²) in [5.74, 6) is 0.777. The average Bonchev–Trinajstić information content (AvgIpc) is 2.27. The lowest BCUT2D eigenvalue weighted by Crippen LogP contribution is -2.17. The fourth-order valence-electron chi connectivity index (χ4n) is 1.64. The molecule has 16 heavy (non-hydrogen) atoms. The zero-order chi connectivity index (χ0) is 11.4. The molecule has 0 amide bonds. The van der Waals surface area contributed by atoms with E-state index in [9.17, 15) is 4.79 Å². The highest BCUT2D eigenvalue weighted by molar-refractivity contribution is 5.91. The van der Waals surface area contributed by atoms with Crippen molar-refractivity contribution in [1.82, 2.24) is 0 Å². The van der Waals surface area contributed by atoms with E-state index in [4.69, 9.17) is 4.74 Å². The van der Waals surface area contributed by atoms with Gasteiger partial charge < -0.3 is 4.74 Å². The number of benzene rings is 1. The van der Waals surface area contributed by atoms with E-state index in [1.807, 2.05) is 49.4 Å². The van der Waals surface area contributed by atoms with Crippen LogP contribution in [0.2, 0.25) is 0 Å². The number of ether oxygens (including phenoxy) is 1. The first kappa shape index (κ1) is 10.7. The Balaban J connectivity index is 2.10. The number of ketones is 1. The van der Waals surface area contributed by atoms with Crippen LogP contribution in [0.3, 0.4) is 0 Å². The Hall–Kier alpha value is -1.83. The highest BCUT2D eigenvalue weighted by Crippen LogP contribution is 2.16. The molecule has 1 heterocycles. The maximum Gasteiger partial charge on any atom is 0.163 e. The van der Waals surface area contributed by atoms with Crippen LogP contribution in [0, 0.1) is 0 Å². The van der Waals surface area contributed by atoms with E-state index in [0.717, 1.165) is 5.56 Å². The zero-order valence-electron chi connectivity index (χ0n) is 9.22. The van der Waals surface area contributed by atoms with Crippen molar-refractivity contribution in [3.8, 4) is 0 Å². The lowest BCUT2D eigenvalue weighted by Gasteiger charge is -2.18. The van der Waals surface area contributed by atoms with Crippen molar-refractivity contribution in [3.05, 3.63) is 53.8 Å². The standard InChI is InChI=1S/C14H14O2/c1-11-9-13(15)10-14(16-11)8-7-12-5-3-2-4-6-12/h2-8,10-11H,9H2,1H3/b8-7+/t11-/m1/s1. The number of carbonyl (C=O) groups excluding carboxylic acids is 1. The van der Waals surface area contributed by atoms with E-state index in [0.29, 0.717) is 12.2 Å². The minimum absolute atomic E-state index is 0.0204. The molecular weight excluding hydrogens is 200 g/mol. The third kappa shape index (κ3) is 2.83. The fraction of sp³-hybridized carbons (Fsp3) is 0.214. The maximum absolute atomic E-state index is 11.3. The maximum atomic E-state index is 11.3. The molecule has 0 N–H and O–H groups in total. The summed E-state index contributed by atoms with van der Waals surface area (Å²) < 4.78 is 5.53. The third-order valence-electron chi connectivity index (χ3n) is 2.37. The quantitative estimate of drug-likeness (QED) is 0.756. The highest BCUT2D eigenvalue weighted by Gasteiger charge is 2.15. The normalized spacial score (nSPS) is 20.7. The lowest BCUT2D eigenvalue weighted by molar-refractivity contribution is -0.118.